The molecular formula is C13H10ClIN2O2. The van der Waals surface area contributed by atoms with Crippen molar-refractivity contribution >= 4 is 51.3 Å². The molecule has 0 unspecified atom stereocenters. The Morgan fingerprint density at radius 2 is 2.05 bits per heavy atom. The van der Waals surface area contributed by atoms with Crippen LogP contribution in [-0.4, -0.2) is 4.92 Å². The van der Waals surface area contributed by atoms with Crippen molar-refractivity contribution in [2.75, 3.05) is 5.32 Å². The van der Waals surface area contributed by atoms with Gasteiger partial charge in [0.1, 0.15) is 0 Å². The van der Waals surface area contributed by atoms with Crippen molar-refractivity contribution < 1.29 is 4.92 Å². The lowest BCUT2D eigenvalue weighted by molar-refractivity contribution is -0.385. The second-order valence-electron chi connectivity index (χ2n) is 3.96. The van der Waals surface area contributed by atoms with Gasteiger partial charge in [-0.05, 0) is 59.3 Å². The van der Waals surface area contributed by atoms with Crippen molar-refractivity contribution in [1.29, 1.82) is 0 Å². The predicted molar refractivity (Wildman–Crippen MR) is 85.3 cm³/mol. The van der Waals surface area contributed by atoms with Crippen LogP contribution >= 0.6 is 34.2 Å². The minimum atomic E-state index is -0.393. The van der Waals surface area contributed by atoms with Crippen LogP contribution in [0.1, 0.15) is 5.56 Å². The largest absolute Gasteiger partial charge is 0.355 e. The molecule has 0 radical (unpaired) electrons. The molecule has 0 atom stereocenters. The van der Waals surface area contributed by atoms with Crippen LogP contribution in [0.25, 0.3) is 0 Å². The highest BCUT2D eigenvalue weighted by Gasteiger charge is 2.12. The first-order valence-corrected chi connectivity index (χ1v) is 6.91. The Morgan fingerprint density at radius 1 is 1.32 bits per heavy atom. The SMILES string of the molecule is Cc1c(Cl)cccc1Nc1ccc([N+](=O)[O-])c(I)c1. The maximum Gasteiger partial charge on any atom is 0.282 e. The lowest BCUT2D eigenvalue weighted by Gasteiger charge is -2.11. The first-order chi connectivity index (χ1) is 8.99. The molecule has 1 N–H and O–H groups in total. The standard InChI is InChI=1S/C13H10ClIN2O2/c1-8-10(14)3-2-4-12(8)16-9-5-6-13(17(18)19)11(15)7-9/h2-7,16H,1H3. The van der Waals surface area contributed by atoms with Crippen LogP contribution in [-0.2, 0) is 0 Å². The Morgan fingerprint density at radius 3 is 2.68 bits per heavy atom. The number of hydrogen-bond donors (Lipinski definition) is 1. The van der Waals surface area contributed by atoms with Gasteiger partial charge in [0.05, 0.1) is 8.49 Å². The number of anilines is 2. The fourth-order valence-electron chi connectivity index (χ4n) is 1.63. The molecule has 0 heterocycles. The number of nitrogens with one attached hydrogen (secondary N) is 1. The molecule has 19 heavy (non-hydrogen) atoms. The van der Waals surface area contributed by atoms with Gasteiger partial charge in [-0.3, -0.25) is 10.1 Å². The predicted octanol–water partition coefficient (Wildman–Crippen LogP) is 4.90. The molecule has 6 heteroatoms. The van der Waals surface area contributed by atoms with Gasteiger partial charge in [0.25, 0.3) is 5.69 Å². The molecule has 4 nitrogen and oxygen atoms in total. The summed E-state index contributed by atoms with van der Waals surface area (Å²) in [6.07, 6.45) is 0. The topological polar surface area (TPSA) is 55.2 Å². The first kappa shape index (κ1) is 14.1. The molecule has 2 rings (SSSR count). The smallest absolute Gasteiger partial charge is 0.282 e. The maximum absolute atomic E-state index is 10.8. The molecular weight excluding hydrogens is 379 g/mol. The molecule has 0 bridgehead atoms. The maximum atomic E-state index is 10.8. The molecule has 0 aromatic heterocycles. The van der Waals surface area contributed by atoms with Crippen LogP contribution < -0.4 is 5.32 Å². The molecule has 98 valence electrons. The summed E-state index contributed by atoms with van der Waals surface area (Å²) >= 11 is 8.00. The third kappa shape index (κ3) is 3.16. The average molecular weight is 389 g/mol. The van der Waals surface area contributed by atoms with E-state index in [1.165, 1.54) is 6.07 Å². The van der Waals surface area contributed by atoms with E-state index in [0.717, 1.165) is 16.9 Å². The third-order valence-electron chi connectivity index (χ3n) is 2.69. The summed E-state index contributed by atoms with van der Waals surface area (Å²) in [4.78, 5) is 10.4. The van der Waals surface area contributed by atoms with Gasteiger partial charge in [-0.25, -0.2) is 0 Å². The lowest BCUT2D eigenvalue weighted by atomic mass is 10.2. The third-order valence-corrected chi connectivity index (χ3v) is 3.96. The van der Waals surface area contributed by atoms with E-state index in [0.29, 0.717) is 8.59 Å². The minimum Gasteiger partial charge on any atom is -0.355 e. The van der Waals surface area contributed by atoms with Crippen molar-refractivity contribution in [1.82, 2.24) is 0 Å². The van der Waals surface area contributed by atoms with Crippen molar-refractivity contribution in [2.45, 2.75) is 6.92 Å². The van der Waals surface area contributed by atoms with Crippen molar-refractivity contribution in [3.63, 3.8) is 0 Å². The zero-order valence-electron chi connectivity index (χ0n) is 9.98. The highest BCUT2D eigenvalue weighted by atomic mass is 127. The molecule has 0 saturated heterocycles. The highest BCUT2D eigenvalue weighted by Crippen LogP contribution is 2.29. The Hall–Kier alpha value is -1.34. The van der Waals surface area contributed by atoms with Crippen LogP contribution in [0.5, 0.6) is 0 Å². The zero-order valence-corrected chi connectivity index (χ0v) is 12.9. The quantitative estimate of drug-likeness (QED) is 0.462. The van der Waals surface area contributed by atoms with Crippen LogP contribution in [0.15, 0.2) is 36.4 Å². The van der Waals surface area contributed by atoms with Crippen molar-refractivity contribution in [3.8, 4) is 0 Å². The second-order valence-corrected chi connectivity index (χ2v) is 5.53. The molecule has 0 amide bonds. The van der Waals surface area contributed by atoms with E-state index < -0.39 is 4.92 Å². The van der Waals surface area contributed by atoms with E-state index in [2.05, 4.69) is 5.32 Å². The molecule has 0 aliphatic heterocycles. The van der Waals surface area contributed by atoms with E-state index in [9.17, 15) is 10.1 Å². The number of nitro groups is 1. The summed E-state index contributed by atoms with van der Waals surface area (Å²) in [6, 6.07) is 10.5. The van der Waals surface area contributed by atoms with Crippen LogP contribution in [0, 0.1) is 20.6 Å². The first-order valence-electron chi connectivity index (χ1n) is 5.45. The second kappa shape index (κ2) is 5.75. The molecule has 0 saturated carbocycles. The van der Waals surface area contributed by atoms with Gasteiger partial charge in [0.2, 0.25) is 0 Å². The van der Waals surface area contributed by atoms with Crippen LogP contribution in [0.3, 0.4) is 0 Å². The highest BCUT2D eigenvalue weighted by molar-refractivity contribution is 14.1. The minimum absolute atomic E-state index is 0.106. The summed E-state index contributed by atoms with van der Waals surface area (Å²) in [7, 11) is 0. The lowest BCUT2D eigenvalue weighted by Crippen LogP contribution is -1.96. The number of nitrogens with zero attached hydrogens (tertiary/aromatic N) is 1. The van der Waals surface area contributed by atoms with Crippen LogP contribution in [0.4, 0.5) is 17.1 Å². The summed E-state index contributed by atoms with van der Waals surface area (Å²) in [5.74, 6) is 0. The van der Waals surface area contributed by atoms with Gasteiger partial charge in [0, 0.05) is 22.5 Å². The zero-order chi connectivity index (χ0) is 14.0. The molecule has 0 aliphatic rings. The number of nitro benzene ring substituents is 1. The summed E-state index contributed by atoms with van der Waals surface area (Å²) < 4.78 is 0.590. The van der Waals surface area contributed by atoms with Crippen molar-refractivity contribution in [2.24, 2.45) is 0 Å². The molecule has 2 aromatic carbocycles. The Balaban J connectivity index is 2.32. The Kier molecular flexibility index (Phi) is 4.26. The molecule has 0 spiro atoms. The number of hydrogen-bond acceptors (Lipinski definition) is 3. The monoisotopic (exact) mass is 388 g/mol. The fourth-order valence-corrected chi connectivity index (χ4v) is 2.52. The van der Waals surface area contributed by atoms with E-state index in [1.807, 2.05) is 47.7 Å². The molecule has 0 fully saturated rings. The summed E-state index contributed by atoms with van der Waals surface area (Å²) in [5, 5.41) is 14.6. The average Bonchev–Trinajstić information content (AvgIpc) is 2.34. The van der Waals surface area contributed by atoms with Gasteiger partial charge in [-0.15, -0.1) is 0 Å². The van der Waals surface area contributed by atoms with Gasteiger partial charge in [-0.1, -0.05) is 17.7 Å². The Bertz CT molecular complexity index is 647. The van der Waals surface area contributed by atoms with Gasteiger partial charge >= 0.3 is 0 Å². The fraction of sp³-hybridized carbons (Fsp3) is 0.0769. The van der Waals surface area contributed by atoms with Gasteiger partial charge < -0.3 is 5.32 Å². The van der Waals surface area contributed by atoms with E-state index in [4.69, 9.17) is 11.6 Å². The van der Waals surface area contributed by atoms with Crippen LogP contribution in [0.2, 0.25) is 5.02 Å². The number of benzene rings is 2. The Labute approximate surface area is 129 Å². The van der Waals surface area contributed by atoms with E-state index in [-0.39, 0.29) is 5.69 Å². The number of rotatable bonds is 3. The van der Waals surface area contributed by atoms with Gasteiger partial charge in [0.15, 0.2) is 0 Å². The molecule has 2 aromatic rings. The normalized spacial score (nSPS) is 10.3. The summed E-state index contributed by atoms with van der Waals surface area (Å²) in [6.45, 7) is 1.92. The number of halogens is 2. The van der Waals surface area contributed by atoms with Crippen molar-refractivity contribution in [3.05, 3.63) is 60.7 Å². The van der Waals surface area contributed by atoms with E-state index in [1.54, 1.807) is 12.1 Å². The van der Waals surface area contributed by atoms with E-state index >= 15 is 0 Å². The van der Waals surface area contributed by atoms with Gasteiger partial charge in [-0.2, -0.15) is 0 Å². The summed E-state index contributed by atoms with van der Waals surface area (Å²) in [5.41, 5.74) is 2.73. The molecule has 0 aliphatic carbocycles.